The first-order chi connectivity index (χ1) is 12.6. The van der Waals surface area contributed by atoms with Crippen LogP contribution in [0, 0.1) is 11.8 Å². The van der Waals surface area contributed by atoms with E-state index in [1.165, 1.54) is 0 Å². The topological polar surface area (TPSA) is 75.6 Å². The molecule has 2 rings (SSSR count). The molecule has 1 fully saturated rings. The van der Waals surface area contributed by atoms with Gasteiger partial charge in [0.15, 0.2) is 6.61 Å². The first kappa shape index (κ1) is 21.1. The van der Waals surface area contributed by atoms with Gasteiger partial charge in [0.2, 0.25) is 5.91 Å². The van der Waals surface area contributed by atoms with Crippen LogP contribution >= 0.6 is 0 Å². The van der Waals surface area contributed by atoms with Crippen molar-refractivity contribution in [1.82, 2.24) is 5.32 Å². The fourth-order valence-electron chi connectivity index (χ4n) is 3.34. The van der Waals surface area contributed by atoms with Crippen molar-refractivity contribution in [2.45, 2.75) is 51.2 Å². The highest BCUT2D eigenvalue weighted by atomic mass is 19.4. The van der Waals surface area contributed by atoms with E-state index in [0.29, 0.717) is 18.6 Å². The van der Waals surface area contributed by atoms with Crippen molar-refractivity contribution < 1.29 is 32.6 Å². The summed E-state index contributed by atoms with van der Waals surface area (Å²) in [5.74, 6) is -2.07. The second kappa shape index (κ2) is 9.10. The molecule has 1 aromatic carbocycles. The van der Waals surface area contributed by atoms with E-state index in [9.17, 15) is 22.8 Å². The van der Waals surface area contributed by atoms with Gasteiger partial charge in [0.25, 0.3) is 0 Å². The molecule has 5 nitrogen and oxygen atoms in total. The normalized spacial score (nSPS) is 21.3. The maximum Gasteiger partial charge on any atom is 0.391 e. The first-order valence-corrected chi connectivity index (χ1v) is 8.95. The number of hydrogen-bond acceptors (Lipinski definition) is 3. The fourth-order valence-corrected chi connectivity index (χ4v) is 3.34. The minimum Gasteiger partial charge on any atom is -0.482 e. The Morgan fingerprint density at radius 1 is 1.19 bits per heavy atom. The predicted octanol–water partition coefficient (Wildman–Crippen LogP) is 4.09. The van der Waals surface area contributed by atoms with Crippen LogP contribution in [-0.2, 0) is 9.59 Å². The number of carboxylic acid groups (broad SMARTS) is 1. The van der Waals surface area contributed by atoms with Crippen molar-refractivity contribution in [3.63, 3.8) is 0 Å². The van der Waals surface area contributed by atoms with Gasteiger partial charge < -0.3 is 15.2 Å². The van der Waals surface area contributed by atoms with Crippen LogP contribution in [0.4, 0.5) is 13.2 Å². The number of carbonyl (C=O) groups excluding carboxylic acids is 1. The number of benzene rings is 1. The van der Waals surface area contributed by atoms with Gasteiger partial charge in [-0.05, 0) is 56.2 Å². The molecule has 0 heterocycles. The molecule has 0 bridgehead atoms. The Morgan fingerprint density at radius 2 is 1.78 bits per heavy atom. The Balaban J connectivity index is 1.78. The number of hydrogen-bond donors (Lipinski definition) is 2. The molecule has 1 atom stereocenters. The molecule has 0 spiro atoms. The monoisotopic (exact) mass is 387 g/mol. The van der Waals surface area contributed by atoms with Gasteiger partial charge in [-0.15, -0.1) is 0 Å². The third-order valence-corrected chi connectivity index (χ3v) is 4.90. The largest absolute Gasteiger partial charge is 0.482 e. The lowest BCUT2D eigenvalue weighted by Gasteiger charge is -2.29. The molecule has 1 aliphatic carbocycles. The fraction of sp³-hybridized carbons (Fsp3) is 0.579. The zero-order valence-corrected chi connectivity index (χ0v) is 15.1. The van der Waals surface area contributed by atoms with Crippen LogP contribution in [0.3, 0.4) is 0 Å². The van der Waals surface area contributed by atoms with Crippen LogP contribution in [0.1, 0.15) is 50.6 Å². The number of rotatable bonds is 7. The number of alkyl halides is 3. The minimum absolute atomic E-state index is 0.0115. The molecule has 8 heteroatoms. The maximum atomic E-state index is 12.7. The molecular weight excluding hydrogens is 363 g/mol. The lowest BCUT2D eigenvalue weighted by atomic mass is 9.80. The van der Waals surface area contributed by atoms with Gasteiger partial charge in [0.1, 0.15) is 5.75 Å². The van der Waals surface area contributed by atoms with E-state index in [4.69, 9.17) is 9.84 Å². The van der Waals surface area contributed by atoms with Crippen molar-refractivity contribution in [3.8, 4) is 5.75 Å². The van der Waals surface area contributed by atoms with E-state index in [1.54, 1.807) is 24.3 Å². The summed E-state index contributed by atoms with van der Waals surface area (Å²) in [5, 5.41) is 11.4. The van der Waals surface area contributed by atoms with Crippen molar-refractivity contribution in [2.75, 3.05) is 6.61 Å². The Labute approximate surface area is 155 Å². The Bertz CT molecular complexity index is 637. The van der Waals surface area contributed by atoms with E-state index in [1.807, 2.05) is 6.92 Å². The third-order valence-electron chi connectivity index (χ3n) is 4.90. The van der Waals surface area contributed by atoms with Gasteiger partial charge in [0, 0.05) is 6.42 Å². The average Bonchev–Trinajstić information content (AvgIpc) is 2.60. The van der Waals surface area contributed by atoms with Gasteiger partial charge in [-0.25, -0.2) is 4.79 Å². The maximum absolute atomic E-state index is 12.7. The molecule has 150 valence electrons. The Kier molecular flexibility index (Phi) is 7.10. The molecule has 1 amide bonds. The van der Waals surface area contributed by atoms with Gasteiger partial charge in [-0.1, -0.05) is 12.1 Å². The van der Waals surface area contributed by atoms with Gasteiger partial charge in [-0.2, -0.15) is 13.2 Å². The summed E-state index contributed by atoms with van der Waals surface area (Å²) >= 11 is 0. The average molecular weight is 387 g/mol. The second-order valence-corrected chi connectivity index (χ2v) is 7.00. The molecule has 0 aliphatic heterocycles. The zero-order chi connectivity index (χ0) is 20.0. The van der Waals surface area contributed by atoms with Crippen molar-refractivity contribution in [2.24, 2.45) is 11.8 Å². The molecule has 0 radical (unpaired) electrons. The van der Waals surface area contributed by atoms with Crippen LogP contribution < -0.4 is 10.1 Å². The highest BCUT2D eigenvalue weighted by molar-refractivity contribution is 5.76. The van der Waals surface area contributed by atoms with E-state index in [0.717, 1.165) is 5.56 Å². The highest BCUT2D eigenvalue weighted by Gasteiger charge is 2.41. The number of halogens is 3. The first-order valence-electron chi connectivity index (χ1n) is 8.95. The van der Waals surface area contributed by atoms with Gasteiger partial charge in [-0.3, -0.25) is 4.79 Å². The molecule has 0 saturated heterocycles. The van der Waals surface area contributed by atoms with Gasteiger partial charge >= 0.3 is 12.1 Å². The summed E-state index contributed by atoms with van der Waals surface area (Å²) in [6.45, 7) is 1.38. The SMILES string of the molecule is CC(NC(=O)CC1CCC(C(F)(F)F)CC1)c1ccc(OCC(=O)O)cc1. The van der Waals surface area contributed by atoms with Crippen molar-refractivity contribution in [3.05, 3.63) is 29.8 Å². The van der Waals surface area contributed by atoms with Crippen LogP contribution in [0.5, 0.6) is 5.75 Å². The summed E-state index contributed by atoms with van der Waals surface area (Å²) in [6.07, 6.45) is -2.89. The van der Waals surface area contributed by atoms with Crippen molar-refractivity contribution in [1.29, 1.82) is 0 Å². The van der Waals surface area contributed by atoms with Crippen molar-refractivity contribution >= 4 is 11.9 Å². The van der Waals surface area contributed by atoms with E-state index in [2.05, 4.69) is 5.32 Å². The molecule has 1 aliphatic rings. The Hall–Kier alpha value is -2.25. The summed E-state index contributed by atoms with van der Waals surface area (Å²) < 4.78 is 43.1. The van der Waals surface area contributed by atoms with Crippen LogP contribution in [-0.4, -0.2) is 29.8 Å². The molecule has 2 N–H and O–H groups in total. The summed E-state index contributed by atoms with van der Waals surface area (Å²) in [7, 11) is 0. The number of nitrogens with one attached hydrogen (secondary N) is 1. The minimum atomic E-state index is -4.14. The number of carbonyl (C=O) groups is 2. The van der Waals surface area contributed by atoms with Crippen LogP contribution in [0.2, 0.25) is 0 Å². The lowest BCUT2D eigenvalue weighted by molar-refractivity contribution is -0.184. The summed E-state index contributed by atoms with van der Waals surface area (Å²) in [4.78, 5) is 22.7. The molecule has 1 saturated carbocycles. The zero-order valence-electron chi connectivity index (χ0n) is 15.1. The molecule has 0 aromatic heterocycles. The Morgan fingerprint density at radius 3 is 2.30 bits per heavy atom. The van der Waals surface area contributed by atoms with Crippen LogP contribution in [0.25, 0.3) is 0 Å². The summed E-state index contributed by atoms with van der Waals surface area (Å²) in [6, 6.07) is 6.45. The quantitative estimate of drug-likeness (QED) is 0.739. The second-order valence-electron chi connectivity index (χ2n) is 7.00. The van der Waals surface area contributed by atoms with E-state index in [-0.39, 0.29) is 37.1 Å². The number of carboxylic acids is 1. The smallest absolute Gasteiger partial charge is 0.391 e. The standard InChI is InChI=1S/C19H24F3NO4/c1-12(14-4-8-16(9-5-14)27-11-18(25)26)23-17(24)10-13-2-6-15(7-3-13)19(20,21)22/h4-5,8-9,12-13,15H,2-3,6-7,10-11H2,1H3,(H,23,24)(H,25,26). The van der Waals surface area contributed by atoms with Gasteiger partial charge in [0.05, 0.1) is 12.0 Å². The number of ether oxygens (including phenoxy) is 1. The lowest BCUT2D eigenvalue weighted by Crippen LogP contribution is -2.32. The third kappa shape index (κ3) is 6.77. The molecule has 27 heavy (non-hydrogen) atoms. The number of amides is 1. The summed E-state index contributed by atoms with van der Waals surface area (Å²) in [5.41, 5.74) is 0.826. The molecular formula is C19H24F3NO4. The van der Waals surface area contributed by atoms with E-state index >= 15 is 0 Å². The molecule has 1 unspecified atom stereocenters. The number of aliphatic carboxylic acids is 1. The van der Waals surface area contributed by atoms with Crippen LogP contribution in [0.15, 0.2) is 24.3 Å². The van der Waals surface area contributed by atoms with E-state index < -0.39 is 24.7 Å². The highest BCUT2D eigenvalue weighted by Crippen LogP contribution is 2.40. The molecule has 1 aromatic rings. The predicted molar refractivity (Wildman–Crippen MR) is 92.3 cm³/mol.